The molecule has 1 heterocycles. The SMILES string of the molecule is CC(C(=O)NCCc1ccc(N)cc1)c1cccs1.Cl. The van der Waals surface area contributed by atoms with Crippen LogP contribution in [0.5, 0.6) is 0 Å². The largest absolute Gasteiger partial charge is 0.399 e. The van der Waals surface area contributed by atoms with Gasteiger partial charge < -0.3 is 11.1 Å². The van der Waals surface area contributed by atoms with Crippen molar-refractivity contribution in [3.63, 3.8) is 0 Å². The molecule has 3 nitrogen and oxygen atoms in total. The molecule has 0 bridgehead atoms. The first-order valence-corrected chi connectivity index (χ1v) is 7.20. The van der Waals surface area contributed by atoms with Crippen LogP contribution in [0.15, 0.2) is 41.8 Å². The number of thiophene rings is 1. The summed E-state index contributed by atoms with van der Waals surface area (Å²) in [5, 5.41) is 4.96. The Hall–Kier alpha value is -1.52. The van der Waals surface area contributed by atoms with Gasteiger partial charge in [0.15, 0.2) is 0 Å². The standard InChI is InChI=1S/C15H18N2OS.ClH/c1-11(14-3-2-10-19-14)15(18)17-9-8-12-4-6-13(16)7-5-12;/h2-7,10-11H,8-9,16H2,1H3,(H,17,18);1H. The number of nitrogens with one attached hydrogen (secondary N) is 1. The van der Waals surface area contributed by atoms with Crippen molar-refractivity contribution >= 4 is 35.3 Å². The minimum atomic E-state index is -0.0774. The zero-order valence-corrected chi connectivity index (χ0v) is 13.0. The maximum Gasteiger partial charge on any atom is 0.228 e. The molecule has 0 aliphatic heterocycles. The number of rotatable bonds is 5. The summed E-state index contributed by atoms with van der Waals surface area (Å²) < 4.78 is 0. The molecule has 0 saturated carbocycles. The average molecular weight is 311 g/mol. The maximum absolute atomic E-state index is 12.0. The molecule has 1 amide bonds. The summed E-state index contributed by atoms with van der Waals surface area (Å²) in [5.41, 5.74) is 7.57. The van der Waals surface area contributed by atoms with Crippen LogP contribution in [0.2, 0.25) is 0 Å². The van der Waals surface area contributed by atoms with Crippen LogP contribution in [-0.2, 0) is 11.2 Å². The van der Waals surface area contributed by atoms with E-state index in [1.54, 1.807) is 11.3 Å². The van der Waals surface area contributed by atoms with Gasteiger partial charge in [0, 0.05) is 17.1 Å². The molecule has 0 fully saturated rings. The molecule has 2 rings (SSSR count). The molecular formula is C15H19ClN2OS. The normalized spacial score (nSPS) is 11.4. The fourth-order valence-corrected chi connectivity index (χ4v) is 2.62. The van der Waals surface area contributed by atoms with Gasteiger partial charge in [0.2, 0.25) is 5.91 Å². The second-order valence-corrected chi connectivity index (χ2v) is 5.50. The van der Waals surface area contributed by atoms with Crippen molar-refractivity contribution in [2.24, 2.45) is 0 Å². The summed E-state index contributed by atoms with van der Waals surface area (Å²) in [6.07, 6.45) is 0.823. The predicted octanol–water partition coefficient (Wildman–Crippen LogP) is 3.21. The Morgan fingerprint density at radius 3 is 2.60 bits per heavy atom. The van der Waals surface area contributed by atoms with Crippen LogP contribution in [0.3, 0.4) is 0 Å². The molecule has 1 unspecified atom stereocenters. The molecule has 2 aromatic rings. The fraction of sp³-hybridized carbons (Fsp3) is 0.267. The lowest BCUT2D eigenvalue weighted by Crippen LogP contribution is -2.29. The van der Waals surface area contributed by atoms with Gasteiger partial charge >= 0.3 is 0 Å². The van der Waals surface area contributed by atoms with Gasteiger partial charge in [-0.15, -0.1) is 23.7 Å². The monoisotopic (exact) mass is 310 g/mol. The third-order valence-corrected chi connectivity index (χ3v) is 4.11. The van der Waals surface area contributed by atoms with E-state index in [-0.39, 0.29) is 24.2 Å². The summed E-state index contributed by atoms with van der Waals surface area (Å²) in [7, 11) is 0. The summed E-state index contributed by atoms with van der Waals surface area (Å²) in [4.78, 5) is 13.1. The van der Waals surface area contributed by atoms with E-state index >= 15 is 0 Å². The lowest BCUT2D eigenvalue weighted by molar-refractivity contribution is -0.122. The zero-order valence-electron chi connectivity index (χ0n) is 11.3. The quantitative estimate of drug-likeness (QED) is 0.833. The molecule has 1 aromatic carbocycles. The Balaban J connectivity index is 0.00000200. The summed E-state index contributed by atoms with van der Waals surface area (Å²) in [6, 6.07) is 11.7. The smallest absolute Gasteiger partial charge is 0.228 e. The van der Waals surface area contributed by atoms with E-state index in [9.17, 15) is 4.79 Å². The molecule has 0 radical (unpaired) electrons. The number of anilines is 1. The highest BCUT2D eigenvalue weighted by Crippen LogP contribution is 2.20. The van der Waals surface area contributed by atoms with Crippen LogP contribution >= 0.6 is 23.7 Å². The average Bonchev–Trinajstić information content (AvgIpc) is 2.94. The fourth-order valence-electron chi connectivity index (χ4n) is 1.83. The molecule has 1 atom stereocenters. The highest BCUT2D eigenvalue weighted by Gasteiger charge is 2.15. The van der Waals surface area contributed by atoms with E-state index in [0.29, 0.717) is 6.54 Å². The van der Waals surface area contributed by atoms with Crippen molar-refractivity contribution in [3.05, 3.63) is 52.2 Å². The molecule has 5 heteroatoms. The van der Waals surface area contributed by atoms with Crippen molar-refractivity contribution < 1.29 is 4.79 Å². The van der Waals surface area contributed by atoms with Gasteiger partial charge in [-0.3, -0.25) is 4.79 Å². The van der Waals surface area contributed by atoms with Crippen LogP contribution in [0, 0.1) is 0 Å². The minimum absolute atomic E-state index is 0. The first-order valence-electron chi connectivity index (χ1n) is 6.32. The Morgan fingerprint density at radius 1 is 1.30 bits per heavy atom. The number of hydrogen-bond donors (Lipinski definition) is 2. The number of amides is 1. The Bertz CT molecular complexity index is 525. The number of halogens is 1. The summed E-state index contributed by atoms with van der Waals surface area (Å²) in [6.45, 7) is 2.59. The van der Waals surface area contributed by atoms with Crippen LogP contribution < -0.4 is 11.1 Å². The van der Waals surface area contributed by atoms with Gasteiger partial charge in [0.1, 0.15) is 0 Å². The number of benzene rings is 1. The van der Waals surface area contributed by atoms with Crippen molar-refractivity contribution in [1.82, 2.24) is 5.32 Å². The van der Waals surface area contributed by atoms with Crippen molar-refractivity contribution in [2.75, 3.05) is 12.3 Å². The minimum Gasteiger partial charge on any atom is -0.399 e. The second-order valence-electron chi connectivity index (χ2n) is 4.52. The highest BCUT2D eigenvalue weighted by molar-refractivity contribution is 7.10. The molecule has 0 aliphatic carbocycles. The molecule has 3 N–H and O–H groups in total. The number of nitrogens with two attached hydrogens (primary N) is 1. The Kier molecular flexibility index (Phi) is 6.55. The Labute approximate surface area is 129 Å². The summed E-state index contributed by atoms with van der Waals surface area (Å²) >= 11 is 1.62. The molecule has 108 valence electrons. The van der Waals surface area contributed by atoms with Gasteiger partial charge in [-0.05, 0) is 42.5 Å². The lowest BCUT2D eigenvalue weighted by Gasteiger charge is -2.10. The van der Waals surface area contributed by atoms with E-state index in [4.69, 9.17) is 5.73 Å². The van der Waals surface area contributed by atoms with E-state index in [1.165, 1.54) is 5.56 Å². The third-order valence-electron chi connectivity index (χ3n) is 3.06. The first kappa shape index (κ1) is 16.5. The lowest BCUT2D eigenvalue weighted by atomic mass is 10.1. The molecule has 1 aromatic heterocycles. The first-order chi connectivity index (χ1) is 9.16. The third kappa shape index (κ3) is 4.54. The topological polar surface area (TPSA) is 55.1 Å². The molecule has 0 saturated heterocycles. The van der Waals surface area contributed by atoms with Gasteiger partial charge in [0.25, 0.3) is 0 Å². The van der Waals surface area contributed by atoms with E-state index < -0.39 is 0 Å². The van der Waals surface area contributed by atoms with Crippen LogP contribution in [0.1, 0.15) is 23.3 Å². The van der Waals surface area contributed by atoms with Crippen molar-refractivity contribution in [2.45, 2.75) is 19.3 Å². The second kappa shape index (κ2) is 7.92. The Morgan fingerprint density at radius 2 is 2.00 bits per heavy atom. The molecular weight excluding hydrogens is 292 g/mol. The van der Waals surface area contributed by atoms with E-state index in [1.807, 2.05) is 48.7 Å². The van der Waals surface area contributed by atoms with Crippen molar-refractivity contribution in [1.29, 1.82) is 0 Å². The van der Waals surface area contributed by atoms with Gasteiger partial charge in [-0.1, -0.05) is 18.2 Å². The van der Waals surface area contributed by atoms with E-state index in [2.05, 4.69) is 5.32 Å². The van der Waals surface area contributed by atoms with Crippen molar-refractivity contribution in [3.8, 4) is 0 Å². The van der Waals surface area contributed by atoms with Crippen LogP contribution in [0.25, 0.3) is 0 Å². The van der Waals surface area contributed by atoms with Gasteiger partial charge in [0.05, 0.1) is 5.92 Å². The number of hydrogen-bond acceptors (Lipinski definition) is 3. The predicted molar refractivity (Wildman–Crippen MR) is 87.6 cm³/mol. The number of carbonyl (C=O) groups excluding carboxylic acids is 1. The highest BCUT2D eigenvalue weighted by atomic mass is 35.5. The maximum atomic E-state index is 12.0. The number of nitrogen functional groups attached to an aromatic ring is 1. The molecule has 20 heavy (non-hydrogen) atoms. The number of carbonyl (C=O) groups is 1. The molecule has 0 aliphatic rings. The van der Waals surface area contributed by atoms with Crippen LogP contribution in [-0.4, -0.2) is 12.5 Å². The van der Waals surface area contributed by atoms with E-state index in [0.717, 1.165) is 17.0 Å². The van der Waals surface area contributed by atoms with Gasteiger partial charge in [-0.2, -0.15) is 0 Å². The van der Waals surface area contributed by atoms with Gasteiger partial charge in [-0.25, -0.2) is 0 Å². The molecule has 0 spiro atoms. The summed E-state index contributed by atoms with van der Waals surface area (Å²) in [5.74, 6) is 0.00399. The van der Waals surface area contributed by atoms with Crippen LogP contribution in [0.4, 0.5) is 5.69 Å². The zero-order chi connectivity index (χ0) is 13.7.